The minimum absolute atomic E-state index is 0.0550. The van der Waals surface area contributed by atoms with Gasteiger partial charge in [0.1, 0.15) is 23.2 Å². The lowest BCUT2D eigenvalue weighted by Gasteiger charge is -2.11. The number of amidine groups is 2. The van der Waals surface area contributed by atoms with E-state index in [1.165, 1.54) is 0 Å². The van der Waals surface area contributed by atoms with E-state index < -0.39 is 0 Å². The van der Waals surface area contributed by atoms with Gasteiger partial charge in [-0.25, -0.2) is 0 Å². The standard InChI is InChI=1S/C25H37N7O2/c1-17-15-19(23(26)27)7-9-21(17)33-13-5-3-11-31-25(30)32-12-4-6-14-34-22-10-8-20(24(28)29)16-18(22)2/h7-10,15-16H,3-6,11-14H2,1-2H3,(H3,26,27)(H3,28,29)(H3,30,31,32). The molecular formula is C25H37N7O2. The summed E-state index contributed by atoms with van der Waals surface area (Å²) in [6, 6.07) is 11.0. The zero-order valence-electron chi connectivity index (χ0n) is 20.1. The number of aliphatic imine (C=N–C) groups is 1. The van der Waals surface area contributed by atoms with E-state index in [2.05, 4.69) is 10.3 Å². The van der Waals surface area contributed by atoms with Crippen molar-refractivity contribution in [2.75, 3.05) is 26.3 Å². The van der Waals surface area contributed by atoms with Crippen LogP contribution in [0.1, 0.15) is 47.9 Å². The van der Waals surface area contributed by atoms with Crippen LogP contribution < -0.4 is 32.0 Å². The van der Waals surface area contributed by atoms with E-state index in [9.17, 15) is 0 Å². The number of nitrogens with one attached hydrogen (secondary N) is 3. The summed E-state index contributed by atoms with van der Waals surface area (Å²) in [5.74, 6) is 2.18. The maximum atomic E-state index is 7.48. The van der Waals surface area contributed by atoms with Crippen molar-refractivity contribution >= 4 is 17.6 Å². The summed E-state index contributed by atoms with van der Waals surface area (Å²) in [6.45, 7) is 6.47. The molecule has 2 rings (SSSR count). The molecule has 2 aromatic rings. The highest BCUT2D eigenvalue weighted by atomic mass is 16.5. The first-order valence-electron chi connectivity index (χ1n) is 11.5. The summed E-state index contributed by atoms with van der Waals surface area (Å²) < 4.78 is 11.6. The van der Waals surface area contributed by atoms with Crippen LogP contribution in [0.2, 0.25) is 0 Å². The Kier molecular flexibility index (Phi) is 10.7. The molecule has 184 valence electrons. The van der Waals surface area contributed by atoms with Crippen molar-refractivity contribution in [1.29, 1.82) is 10.8 Å². The predicted molar refractivity (Wildman–Crippen MR) is 138 cm³/mol. The van der Waals surface area contributed by atoms with Crippen LogP contribution in [0.5, 0.6) is 11.5 Å². The van der Waals surface area contributed by atoms with Crippen LogP contribution in [0.25, 0.3) is 0 Å². The predicted octanol–water partition coefficient (Wildman–Crippen LogP) is 2.79. The molecule has 0 spiro atoms. The van der Waals surface area contributed by atoms with Crippen LogP contribution in [0.4, 0.5) is 0 Å². The minimum Gasteiger partial charge on any atom is -0.493 e. The third kappa shape index (κ3) is 9.01. The van der Waals surface area contributed by atoms with Crippen LogP contribution in [0, 0.1) is 24.7 Å². The van der Waals surface area contributed by atoms with E-state index >= 15 is 0 Å². The summed E-state index contributed by atoms with van der Waals surface area (Å²) in [5, 5.41) is 18.1. The van der Waals surface area contributed by atoms with Gasteiger partial charge in [-0.2, -0.15) is 0 Å². The Hall–Kier alpha value is -3.75. The average Bonchev–Trinajstić information content (AvgIpc) is 2.79. The van der Waals surface area contributed by atoms with E-state index in [4.69, 9.17) is 37.5 Å². The summed E-state index contributed by atoms with van der Waals surface area (Å²) in [6.07, 6.45) is 3.55. The maximum absolute atomic E-state index is 7.48. The number of nitrogens with two attached hydrogens (primary N) is 3. The third-order valence-electron chi connectivity index (χ3n) is 5.20. The van der Waals surface area contributed by atoms with Crippen molar-refractivity contribution < 1.29 is 9.47 Å². The van der Waals surface area contributed by atoms with Gasteiger partial charge >= 0.3 is 0 Å². The zero-order valence-corrected chi connectivity index (χ0v) is 20.1. The smallest absolute Gasteiger partial charge is 0.188 e. The number of nitrogens with zero attached hydrogens (tertiary/aromatic N) is 1. The van der Waals surface area contributed by atoms with Crippen LogP contribution in [0.3, 0.4) is 0 Å². The quantitative estimate of drug-likeness (QED) is 0.142. The number of rotatable bonds is 14. The lowest BCUT2D eigenvalue weighted by molar-refractivity contribution is 0.305. The summed E-state index contributed by atoms with van der Waals surface area (Å²) >= 11 is 0. The molecule has 0 unspecified atom stereocenters. The van der Waals surface area contributed by atoms with E-state index in [0.29, 0.717) is 36.8 Å². The number of aryl methyl sites for hydroxylation is 2. The van der Waals surface area contributed by atoms with Gasteiger partial charge in [0, 0.05) is 24.2 Å². The van der Waals surface area contributed by atoms with Crippen molar-refractivity contribution in [3.63, 3.8) is 0 Å². The van der Waals surface area contributed by atoms with Crippen molar-refractivity contribution in [3.05, 3.63) is 58.7 Å². The molecule has 0 saturated carbocycles. The van der Waals surface area contributed by atoms with E-state index in [-0.39, 0.29) is 11.7 Å². The van der Waals surface area contributed by atoms with E-state index in [1.807, 2.05) is 38.1 Å². The molecule has 0 heterocycles. The Balaban J connectivity index is 1.53. The Labute approximate surface area is 201 Å². The molecule has 2 aromatic carbocycles. The third-order valence-corrected chi connectivity index (χ3v) is 5.20. The lowest BCUT2D eigenvalue weighted by Crippen LogP contribution is -2.32. The molecule has 0 fully saturated rings. The molecule has 9 N–H and O–H groups in total. The first kappa shape index (κ1) is 26.5. The molecule has 0 aliphatic rings. The second-order valence-corrected chi connectivity index (χ2v) is 8.09. The molecule has 0 aliphatic carbocycles. The molecule has 0 radical (unpaired) electrons. The summed E-state index contributed by atoms with van der Waals surface area (Å²) in [7, 11) is 0. The fraction of sp³-hybridized carbons (Fsp3) is 0.400. The molecule has 0 aromatic heterocycles. The number of ether oxygens (including phenoxy) is 2. The highest BCUT2D eigenvalue weighted by Crippen LogP contribution is 2.20. The van der Waals surface area contributed by atoms with Gasteiger partial charge in [-0.05, 0) is 87.1 Å². The first-order valence-corrected chi connectivity index (χ1v) is 11.5. The van der Waals surface area contributed by atoms with Gasteiger partial charge in [-0.1, -0.05) is 0 Å². The normalized spacial score (nSPS) is 11.2. The summed E-state index contributed by atoms with van der Waals surface area (Å²) in [4.78, 5) is 4.35. The van der Waals surface area contributed by atoms with E-state index in [0.717, 1.165) is 54.9 Å². The number of hydrogen-bond acceptors (Lipinski definition) is 5. The lowest BCUT2D eigenvalue weighted by atomic mass is 10.1. The van der Waals surface area contributed by atoms with Crippen molar-refractivity contribution in [3.8, 4) is 11.5 Å². The van der Waals surface area contributed by atoms with Crippen molar-refractivity contribution in [1.82, 2.24) is 5.32 Å². The number of guanidine groups is 1. The molecule has 0 amide bonds. The molecule has 34 heavy (non-hydrogen) atoms. The van der Waals surface area contributed by atoms with Crippen LogP contribution in [0.15, 0.2) is 41.4 Å². The molecule has 0 atom stereocenters. The van der Waals surface area contributed by atoms with E-state index in [1.54, 1.807) is 12.1 Å². The number of benzene rings is 2. The minimum atomic E-state index is 0.0550. The van der Waals surface area contributed by atoms with Crippen LogP contribution in [-0.2, 0) is 0 Å². The largest absolute Gasteiger partial charge is 0.493 e. The van der Waals surface area contributed by atoms with Gasteiger partial charge in [0.2, 0.25) is 0 Å². The highest BCUT2D eigenvalue weighted by Gasteiger charge is 2.04. The fourth-order valence-electron chi connectivity index (χ4n) is 3.23. The second kappa shape index (κ2) is 13.7. The molecule has 0 aliphatic heterocycles. The molecule has 0 bridgehead atoms. The first-order chi connectivity index (χ1) is 16.3. The Bertz CT molecular complexity index is 1000. The number of hydrogen-bond donors (Lipinski definition) is 6. The molecule has 9 heteroatoms. The van der Waals surface area contributed by atoms with Crippen molar-refractivity contribution in [2.24, 2.45) is 22.2 Å². The van der Waals surface area contributed by atoms with Crippen LogP contribution >= 0.6 is 0 Å². The Morgan fingerprint density at radius 3 is 1.76 bits per heavy atom. The number of nitrogen functional groups attached to an aromatic ring is 2. The average molecular weight is 468 g/mol. The topological polar surface area (TPSA) is 169 Å². The molecular weight excluding hydrogens is 430 g/mol. The van der Waals surface area contributed by atoms with Gasteiger partial charge in [-0.3, -0.25) is 15.8 Å². The summed E-state index contributed by atoms with van der Waals surface area (Å²) in [5.41, 5.74) is 20.3. The van der Waals surface area contributed by atoms with Gasteiger partial charge in [-0.15, -0.1) is 0 Å². The van der Waals surface area contributed by atoms with Gasteiger partial charge in [0.25, 0.3) is 0 Å². The fourth-order valence-corrected chi connectivity index (χ4v) is 3.23. The van der Waals surface area contributed by atoms with Crippen molar-refractivity contribution in [2.45, 2.75) is 39.5 Å². The zero-order chi connectivity index (χ0) is 24.9. The SMILES string of the molecule is Cc1cc(C(=N)N)ccc1OCCCCN=C(N)NCCCCOc1ccc(C(=N)N)cc1C. The Morgan fingerprint density at radius 2 is 1.29 bits per heavy atom. The van der Waals surface area contributed by atoms with Gasteiger partial charge in [0.05, 0.1) is 13.2 Å². The van der Waals surface area contributed by atoms with Gasteiger partial charge < -0.3 is 32.0 Å². The number of unbranched alkanes of at least 4 members (excludes halogenated alkanes) is 2. The highest BCUT2D eigenvalue weighted by molar-refractivity contribution is 5.95. The molecule has 0 saturated heterocycles. The maximum Gasteiger partial charge on any atom is 0.188 e. The Morgan fingerprint density at radius 1 is 0.794 bits per heavy atom. The molecule has 9 nitrogen and oxygen atoms in total. The monoisotopic (exact) mass is 467 g/mol. The van der Waals surface area contributed by atoms with Gasteiger partial charge in [0.15, 0.2) is 5.96 Å². The van der Waals surface area contributed by atoms with Crippen LogP contribution in [-0.4, -0.2) is 43.9 Å². The second-order valence-electron chi connectivity index (χ2n) is 8.09.